The van der Waals surface area contributed by atoms with Crippen LogP contribution in [0.25, 0.3) is 0 Å². The van der Waals surface area contributed by atoms with Crippen LogP contribution in [0.15, 0.2) is 36.9 Å². The van der Waals surface area contributed by atoms with E-state index in [1.807, 2.05) is 6.92 Å². The summed E-state index contributed by atoms with van der Waals surface area (Å²) in [7, 11) is 0. The van der Waals surface area contributed by atoms with E-state index in [0.29, 0.717) is 31.8 Å². The molecule has 0 saturated heterocycles. The van der Waals surface area contributed by atoms with Crippen LogP contribution in [0.1, 0.15) is 13.3 Å². The summed E-state index contributed by atoms with van der Waals surface area (Å²) < 4.78 is 5.48. The molecule has 0 saturated carbocycles. The standard InChI is InChI=1S/C14H20N2O2/c1-3-10-16(4-2)14(17)9-11-18-13-7-5-12(15)6-8-13/h3,5-8H,1,4,9-11,15H2,2H3. The fourth-order valence-electron chi connectivity index (χ4n) is 1.54. The van der Waals surface area contributed by atoms with Gasteiger partial charge in [0.15, 0.2) is 0 Å². The van der Waals surface area contributed by atoms with Crippen molar-refractivity contribution in [1.82, 2.24) is 4.90 Å². The second-order valence-electron chi connectivity index (χ2n) is 3.89. The van der Waals surface area contributed by atoms with Crippen LogP contribution in [0.5, 0.6) is 5.75 Å². The van der Waals surface area contributed by atoms with E-state index in [1.54, 1.807) is 35.2 Å². The maximum absolute atomic E-state index is 11.8. The fourth-order valence-corrected chi connectivity index (χ4v) is 1.54. The van der Waals surface area contributed by atoms with Gasteiger partial charge >= 0.3 is 0 Å². The zero-order valence-corrected chi connectivity index (χ0v) is 10.8. The Balaban J connectivity index is 2.34. The molecule has 0 unspecified atom stereocenters. The Labute approximate surface area is 108 Å². The lowest BCUT2D eigenvalue weighted by atomic mass is 10.3. The molecule has 1 aromatic carbocycles. The molecule has 98 valence electrons. The van der Waals surface area contributed by atoms with Crippen LogP contribution in [0.4, 0.5) is 5.69 Å². The van der Waals surface area contributed by atoms with Gasteiger partial charge in [-0.25, -0.2) is 0 Å². The lowest BCUT2D eigenvalue weighted by Gasteiger charge is -2.18. The van der Waals surface area contributed by atoms with E-state index in [0.717, 1.165) is 5.75 Å². The number of carbonyl (C=O) groups excluding carboxylic acids is 1. The Morgan fingerprint density at radius 3 is 2.67 bits per heavy atom. The Kier molecular flexibility index (Phi) is 5.77. The molecule has 1 aromatic rings. The monoisotopic (exact) mass is 248 g/mol. The number of benzene rings is 1. The van der Waals surface area contributed by atoms with Gasteiger partial charge in [0.2, 0.25) is 5.91 Å². The number of likely N-dealkylation sites (N-methyl/N-ethyl adjacent to an activating group) is 1. The zero-order valence-electron chi connectivity index (χ0n) is 10.8. The Hall–Kier alpha value is -1.97. The van der Waals surface area contributed by atoms with Gasteiger partial charge < -0.3 is 15.4 Å². The predicted octanol–water partition coefficient (Wildman–Crippen LogP) is 2.07. The smallest absolute Gasteiger partial charge is 0.226 e. The normalized spacial score (nSPS) is 9.83. The summed E-state index contributed by atoms with van der Waals surface area (Å²) in [4.78, 5) is 13.5. The highest BCUT2D eigenvalue weighted by Crippen LogP contribution is 2.13. The molecular weight excluding hydrogens is 228 g/mol. The van der Waals surface area contributed by atoms with Crippen molar-refractivity contribution in [3.8, 4) is 5.75 Å². The molecule has 4 nitrogen and oxygen atoms in total. The van der Waals surface area contributed by atoms with E-state index in [-0.39, 0.29) is 5.91 Å². The molecule has 0 aromatic heterocycles. The summed E-state index contributed by atoms with van der Waals surface area (Å²) in [6.07, 6.45) is 2.09. The fraction of sp³-hybridized carbons (Fsp3) is 0.357. The van der Waals surface area contributed by atoms with E-state index < -0.39 is 0 Å². The molecule has 2 N–H and O–H groups in total. The van der Waals surface area contributed by atoms with Gasteiger partial charge in [0.25, 0.3) is 0 Å². The first-order chi connectivity index (χ1) is 8.67. The number of hydrogen-bond donors (Lipinski definition) is 1. The van der Waals surface area contributed by atoms with Gasteiger partial charge in [0.1, 0.15) is 5.75 Å². The molecule has 0 atom stereocenters. The van der Waals surface area contributed by atoms with Crippen molar-refractivity contribution in [3.05, 3.63) is 36.9 Å². The largest absolute Gasteiger partial charge is 0.493 e. The van der Waals surface area contributed by atoms with E-state index in [2.05, 4.69) is 6.58 Å². The number of nitrogen functional groups attached to an aromatic ring is 1. The first-order valence-corrected chi connectivity index (χ1v) is 6.04. The highest BCUT2D eigenvalue weighted by molar-refractivity contribution is 5.76. The van der Waals surface area contributed by atoms with Crippen molar-refractivity contribution in [3.63, 3.8) is 0 Å². The third-order valence-electron chi connectivity index (χ3n) is 2.55. The summed E-state index contributed by atoms with van der Waals surface area (Å²) in [5, 5.41) is 0. The summed E-state index contributed by atoms with van der Waals surface area (Å²) in [6, 6.07) is 7.13. The maximum atomic E-state index is 11.8. The van der Waals surface area contributed by atoms with Crippen LogP contribution in [-0.4, -0.2) is 30.5 Å². The van der Waals surface area contributed by atoms with Crippen molar-refractivity contribution >= 4 is 11.6 Å². The van der Waals surface area contributed by atoms with Crippen LogP contribution < -0.4 is 10.5 Å². The highest BCUT2D eigenvalue weighted by Gasteiger charge is 2.09. The van der Waals surface area contributed by atoms with Gasteiger partial charge in [-0.3, -0.25) is 4.79 Å². The third-order valence-corrected chi connectivity index (χ3v) is 2.55. The minimum atomic E-state index is 0.0767. The van der Waals surface area contributed by atoms with Gasteiger partial charge in [0.05, 0.1) is 13.0 Å². The Bertz CT molecular complexity index is 387. The van der Waals surface area contributed by atoms with Crippen LogP contribution in [0, 0.1) is 0 Å². The molecule has 0 heterocycles. The number of anilines is 1. The number of carbonyl (C=O) groups is 1. The van der Waals surface area contributed by atoms with Gasteiger partial charge in [-0.05, 0) is 31.2 Å². The second kappa shape index (κ2) is 7.37. The lowest BCUT2D eigenvalue weighted by Crippen LogP contribution is -2.31. The highest BCUT2D eigenvalue weighted by atomic mass is 16.5. The average Bonchev–Trinajstić information content (AvgIpc) is 2.38. The van der Waals surface area contributed by atoms with E-state index >= 15 is 0 Å². The molecule has 18 heavy (non-hydrogen) atoms. The van der Waals surface area contributed by atoms with Gasteiger partial charge in [-0.1, -0.05) is 6.08 Å². The molecule has 0 aliphatic rings. The Morgan fingerprint density at radius 1 is 1.44 bits per heavy atom. The SMILES string of the molecule is C=CCN(CC)C(=O)CCOc1ccc(N)cc1. The summed E-state index contributed by atoms with van der Waals surface area (Å²) >= 11 is 0. The summed E-state index contributed by atoms with van der Waals surface area (Å²) in [6.45, 7) is 7.22. The summed E-state index contributed by atoms with van der Waals surface area (Å²) in [5.41, 5.74) is 6.26. The van der Waals surface area contributed by atoms with Gasteiger partial charge in [-0.2, -0.15) is 0 Å². The van der Waals surface area contributed by atoms with Crippen molar-refractivity contribution in [2.75, 3.05) is 25.4 Å². The van der Waals surface area contributed by atoms with Crippen LogP contribution >= 0.6 is 0 Å². The molecule has 0 spiro atoms. The van der Waals surface area contributed by atoms with Gasteiger partial charge in [-0.15, -0.1) is 6.58 Å². The minimum absolute atomic E-state index is 0.0767. The second-order valence-corrected chi connectivity index (χ2v) is 3.89. The lowest BCUT2D eigenvalue weighted by molar-refractivity contribution is -0.131. The number of nitrogens with two attached hydrogens (primary N) is 1. The topological polar surface area (TPSA) is 55.6 Å². The third kappa shape index (κ3) is 4.49. The molecule has 1 amide bonds. The van der Waals surface area contributed by atoms with E-state index in [9.17, 15) is 4.79 Å². The van der Waals surface area contributed by atoms with Crippen molar-refractivity contribution in [2.24, 2.45) is 0 Å². The predicted molar refractivity (Wildman–Crippen MR) is 73.4 cm³/mol. The number of rotatable bonds is 7. The molecule has 0 aliphatic heterocycles. The number of amides is 1. The number of hydrogen-bond acceptors (Lipinski definition) is 3. The zero-order chi connectivity index (χ0) is 13.4. The molecule has 4 heteroatoms. The first kappa shape index (κ1) is 14.1. The average molecular weight is 248 g/mol. The van der Waals surface area contributed by atoms with Crippen molar-refractivity contribution in [1.29, 1.82) is 0 Å². The number of ether oxygens (including phenoxy) is 1. The van der Waals surface area contributed by atoms with Crippen molar-refractivity contribution < 1.29 is 9.53 Å². The van der Waals surface area contributed by atoms with Crippen LogP contribution in [-0.2, 0) is 4.79 Å². The first-order valence-electron chi connectivity index (χ1n) is 6.04. The minimum Gasteiger partial charge on any atom is -0.493 e. The molecule has 0 bridgehead atoms. The molecule has 0 fully saturated rings. The molecule has 0 radical (unpaired) electrons. The van der Waals surface area contributed by atoms with Crippen LogP contribution in [0.2, 0.25) is 0 Å². The maximum Gasteiger partial charge on any atom is 0.226 e. The number of nitrogens with zero attached hydrogens (tertiary/aromatic N) is 1. The molecule has 0 aliphatic carbocycles. The van der Waals surface area contributed by atoms with Gasteiger partial charge in [0, 0.05) is 18.8 Å². The van der Waals surface area contributed by atoms with E-state index in [1.165, 1.54) is 0 Å². The summed E-state index contributed by atoms with van der Waals surface area (Å²) in [5.74, 6) is 0.802. The molecule has 1 rings (SSSR count). The molecular formula is C14H20N2O2. The van der Waals surface area contributed by atoms with Crippen molar-refractivity contribution in [2.45, 2.75) is 13.3 Å². The Morgan fingerprint density at radius 2 is 2.11 bits per heavy atom. The quantitative estimate of drug-likeness (QED) is 0.593. The van der Waals surface area contributed by atoms with Crippen LogP contribution in [0.3, 0.4) is 0 Å². The van der Waals surface area contributed by atoms with E-state index in [4.69, 9.17) is 10.5 Å².